The second-order valence-electron chi connectivity index (χ2n) is 7.11. The van der Waals surface area contributed by atoms with Crippen LogP contribution in [0.2, 0.25) is 0 Å². The summed E-state index contributed by atoms with van der Waals surface area (Å²) in [6.07, 6.45) is 4.35. The maximum Gasteiger partial charge on any atom is 0.191 e. The quantitative estimate of drug-likeness (QED) is 0.570. The van der Waals surface area contributed by atoms with Gasteiger partial charge in [-0.25, -0.2) is 0 Å². The predicted molar refractivity (Wildman–Crippen MR) is 114 cm³/mol. The highest BCUT2D eigenvalue weighted by Gasteiger charge is 2.23. The average molecular weight is 382 g/mol. The first-order chi connectivity index (χ1) is 13.7. The maximum atomic E-state index is 5.31. The fourth-order valence-electron chi connectivity index (χ4n) is 3.62. The Hall–Kier alpha value is -2.60. The molecule has 1 aromatic carbocycles. The lowest BCUT2D eigenvalue weighted by Crippen LogP contribution is -2.42. The van der Waals surface area contributed by atoms with Gasteiger partial charge in [0.1, 0.15) is 5.75 Å². The number of aromatic nitrogens is 1. The average Bonchev–Trinajstić information content (AvgIpc) is 3.26. The molecule has 3 rings (SSSR count). The summed E-state index contributed by atoms with van der Waals surface area (Å²) in [5.41, 5.74) is 3.52. The SMILES string of the molecule is CN=C(NCc1ncccc1C)NCC(c1ccc(OC)cc1)N1CCCC1. The van der Waals surface area contributed by atoms with Crippen LogP contribution < -0.4 is 15.4 Å². The van der Waals surface area contributed by atoms with Crippen molar-refractivity contribution in [2.45, 2.75) is 32.4 Å². The Morgan fingerprint density at radius 3 is 2.57 bits per heavy atom. The van der Waals surface area contributed by atoms with Crippen molar-refractivity contribution in [2.24, 2.45) is 4.99 Å². The van der Waals surface area contributed by atoms with Crippen molar-refractivity contribution in [1.82, 2.24) is 20.5 Å². The van der Waals surface area contributed by atoms with Gasteiger partial charge in [-0.1, -0.05) is 18.2 Å². The molecule has 6 heteroatoms. The summed E-state index contributed by atoms with van der Waals surface area (Å²) in [7, 11) is 3.51. The van der Waals surface area contributed by atoms with Crippen LogP contribution in [0.3, 0.4) is 0 Å². The number of nitrogens with zero attached hydrogens (tertiary/aromatic N) is 3. The van der Waals surface area contributed by atoms with E-state index < -0.39 is 0 Å². The normalized spacial score (nSPS) is 16.0. The van der Waals surface area contributed by atoms with Crippen LogP contribution in [0.4, 0.5) is 0 Å². The maximum absolute atomic E-state index is 5.31. The number of rotatable bonds is 7. The first kappa shape index (κ1) is 20.1. The van der Waals surface area contributed by atoms with E-state index >= 15 is 0 Å². The number of nitrogens with one attached hydrogen (secondary N) is 2. The van der Waals surface area contributed by atoms with E-state index in [2.05, 4.69) is 50.6 Å². The fraction of sp³-hybridized carbons (Fsp3) is 0.455. The van der Waals surface area contributed by atoms with Gasteiger partial charge in [0.25, 0.3) is 0 Å². The van der Waals surface area contributed by atoms with Gasteiger partial charge in [0.05, 0.1) is 25.4 Å². The summed E-state index contributed by atoms with van der Waals surface area (Å²) in [6.45, 7) is 5.80. The van der Waals surface area contributed by atoms with Crippen LogP contribution in [0.1, 0.15) is 35.7 Å². The zero-order valence-electron chi connectivity index (χ0n) is 17.1. The topological polar surface area (TPSA) is 61.8 Å². The highest BCUT2D eigenvalue weighted by molar-refractivity contribution is 5.79. The van der Waals surface area contributed by atoms with Crippen molar-refractivity contribution in [3.63, 3.8) is 0 Å². The second-order valence-corrected chi connectivity index (χ2v) is 7.11. The van der Waals surface area contributed by atoms with Gasteiger partial charge in [0, 0.05) is 19.8 Å². The van der Waals surface area contributed by atoms with Crippen LogP contribution in [0, 0.1) is 6.92 Å². The summed E-state index contributed by atoms with van der Waals surface area (Å²) in [5, 5.41) is 6.88. The summed E-state index contributed by atoms with van der Waals surface area (Å²) in [5.74, 6) is 1.68. The largest absolute Gasteiger partial charge is 0.497 e. The molecule has 2 N–H and O–H groups in total. The Morgan fingerprint density at radius 2 is 1.93 bits per heavy atom. The molecule has 2 heterocycles. The molecule has 2 aromatic rings. The molecule has 0 spiro atoms. The van der Waals surface area contributed by atoms with Crippen molar-refractivity contribution in [2.75, 3.05) is 33.8 Å². The molecule has 0 aliphatic carbocycles. The van der Waals surface area contributed by atoms with Crippen LogP contribution >= 0.6 is 0 Å². The minimum Gasteiger partial charge on any atom is -0.497 e. The smallest absolute Gasteiger partial charge is 0.191 e. The molecule has 1 atom stereocenters. The molecular weight excluding hydrogens is 350 g/mol. The number of aliphatic imine (C=N–C) groups is 1. The molecule has 1 aliphatic heterocycles. The molecule has 0 saturated carbocycles. The molecule has 0 bridgehead atoms. The Kier molecular flexibility index (Phi) is 7.25. The van der Waals surface area contributed by atoms with E-state index in [0.717, 1.165) is 37.0 Å². The monoisotopic (exact) mass is 381 g/mol. The first-order valence-corrected chi connectivity index (χ1v) is 9.94. The Balaban J connectivity index is 1.63. The Bertz CT molecular complexity index is 769. The van der Waals surface area contributed by atoms with Gasteiger partial charge in [0.15, 0.2) is 5.96 Å². The molecule has 1 aliphatic rings. The lowest BCUT2D eigenvalue weighted by atomic mass is 10.1. The van der Waals surface area contributed by atoms with E-state index in [0.29, 0.717) is 12.6 Å². The highest BCUT2D eigenvalue weighted by Crippen LogP contribution is 2.26. The molecular formula is C22H31N5O. The van der Waals surface area contributed by atoms with Crippen molar-refractivity contribution in [1.29, 1.82) is 0 Å². The van der Waals surface area contributed by atoms with Gasteiger partial charge in [-0.2, -0.15) is 0 Å². The van der Waals surface area contributed by atoms with E-state index in [9.17, 15) is 0 Å². The lowest BCUT2D eigenvalue weighted by molar-refractivity contribution is 0.245. The molecule has 1 unspecified atom stereocenters. The third-order valence-electron chi connectivity index (χ3n) is 5.31. The van der Waals surface area contributed by atoms with E-state index in [4.69, 9.17) is 4.74 Å². The number of likely N-dealkylation sites (tertiary alicyclic amines) is 1. The van der Waals surface area contributed by atoms with E-state index in [1.807, 2.05) is 24.4 Å². The number of aryl methyl sites for hydroxylation is 1. The first-order valence-electron chi connectivity index (χ1n) is 9.94. The zero-order chi connectivity index (χ0) is 19.8. The van der Waals surface area contributed by atoms with Crippen molar-refractivity contribution >= 4 is 5.96 Å². The zero-order valence-corrected chi connectivity index (χ0v) is 17.1. The molecule has 6 nitrogen and oxygen atoms in total. The fourth-order valence-corrected chi connectivity index (χ4v) is 3.62. The van der Waals surface area contributed by atoms with E-state index in [1.54, 1.807) is 14.2 Å². The Morgan fingerprint density at radius 1 is 1.18 bits per heavy atom. The molecule has 0 radical (unpaired) electrons. The molecule has 1 saturated heterocycles. The standard InChI is InChI=1S/C22H31N5O/c1-17-7-6-12-24-20(17)15-25-22(23-2)26-16-21(27-13-4-5-14-27)18-8-10-19(28-3)11-9-18/h6-12,21H,4-5,13-16H2,1-3H3,(H2,23,25,26). The minimum atomic E-state index is 0.309. The third kappa shape index (κ3) is 5.23. The number of benzene rings is 1. The minimum absolute atomic E-state index is 0.309. The lowest BCUT2D eigenvalue weighted by Gasteiger charge is -2.29. The molecule has 1 fully saturated rings. The summed E-state index contributed by atoms with van der Waals surface area (Å²) in [4.78, 5) is 11.4. The molecule has 28 heavy (non-hydrogen) atoms. The Labute approximate surface area is 168 Å². The highest BCUT2D eigenvalue weighted by atomic mass is 16.5. The third-order valence-corrected chi connectivity index (χ3v) is 5.31. The van der Waals surface area contributed by atoms with Crippen LogP contribution in [-0.4, -0.2) is 49.6 Å². The van der Waals surface area contributed by atoms with Gasteiger partial charge < -0.3 is 15.4 Å². The van der Waals surface area contributed by atoms with E-state index in [1.165, 1.54) is 24.0 Å². The van der Waals surface area contributed by atoms with Crippen LogP contribution in [0.5, 0.6) is 5.75 Å². The van der Waals surface area contributed by atoms with Gasteiger partial charge in [0.2, 0.25) is 0 Å². The molecule has 1 aromatic heterocycles. The summed E-state index contributed by atoms with van der Waals surface area (Å²) in [6, 6.07) is 12.7. The van der Waals surface area contributed by atoms with Crippen molar-refractivity contribution in [3.05, 3.63) is 59.4 Å². The van der Waals surface area contributed by atoms with Gasteiger partial charge in [-0.05, 0) is 62.2 Å². The van der Waals surface area contributed by atoms with Gasteiger partial charge in [-0.15, -0.1) is 0 Å². The van der Waals surface area contributed by atoms with Crippen LogP contribution in [0.15, 0.2) is 47.6 Å². The summed E-state index contributed by atoms with van der Waals surface area (Å²) < 4.78 is 5.31. The van der Waals surface area contributed by atoms with Crippen LogP contribution in [0.25, 0.3) is 0 Å². The van der Waals surface area contributed by atoms with Crippen molar-refractivity contribution < 1.29 is 4.74 Å². The van der Waals surface area contributed by atoms with Crippen LogP contribution in [-0.2, 0) is 6.54 Å². The number of methoxy groups -OCH3 is 1. The summed E-state index contributed by atoms with van der Waals surface area (Å²) >= 11 is 0. The number of hydrogen-bond acceptors (Lipinski definition) is 4. The number of ether oxygens (including phenoxy) is 1. The number of pyridine rings is 1. The number of guanidine groups is 1. The van der Waals surface area contributed by atoms with Gasteiger partial charge in [-0.3, -0.25) is 14.9 Å². The van der Waals surface area contributed by atoms with Gasteiger partial charge >= 0.3 is 0 Å². The van der Waals surface area contributed by atoms with E-state index in [-0.39, 0.29) is 0 Å². The number of hydrogen-bond donors (Lipinski definition) is 2. The van der Waals surface area contributed by atoms with Crippen molar-refractivity contribution in [3.8, 4) is 5.75 Å². The molecule has 150 valence electrons. The second kappa shape index (κ2) is 10.1. The molecule has 0 amide bonds. The predicted octanol–water partition coefficient (Wildman–Crippen LogP) is 2.90.